The van der Waals surface area contributed by atoms with Gasteiger partial charge in [0.1, 0.15) is 6.04 Å². The van der Waals surface area contributed by atoms with Gasteiger partial charge in [0.05, 0.1) is 0 Å². The van der Waals surface area contributed by atoms with E-state index in [9.17, 15) is 14.7 Å². The van der Waals surface area contributed by atoms with Gasteiger partial charge in [-0.1, -0.05) is 31.0 Å². The summed E-state index contributed by atoms with van der Waals surface area (Å²) in [6.45, 7) is 4.53. The second-order valence-electron chi connectivity index (χ2n) is 8.42. The Morgan fingerprint density at radius 3 is 2.43 bits per heavy atom. The average Bonchev–Trinajstić information content (AvgIpc) is 3.13. The maximum atomic E-state index is 13.0. The van der Waals surface area contributed by atoms with Crippen LogP contribution in [0.25, 0.3) is 0 Å². The number of para-hydroxylation sites is 1. The molecular weight excluding hydrogens is 354 g/mol. The number of amides is 1. The lowest BCUT2D eigenvalue weighted by Crippen LogP contribution is -2.49. The van der Waals surface area contributed by atoms with Gasteiger partial charge in [0, 0.05) is 50.9 Å². The van der Waals surface area contributed by atoms with Crippen LogP contribution in [0.15, 0.2) is 30.3 Å². The first-order valence-corrected chi connectivity index (χ1v) is 10.7. The molecule has 3 unspecified atom stereocenters. The molecule has 4 rings (SSSR count). The third-order valence-corrected chi connectivity index (χ3v) is 6.80. The molecule has 152 valence electrons. The van der Waals surface area contributed by atoms with Gasteiger partial charge in [0.15, 0.2) is 0 Å². The first-order chi connectivity index (χ1) is 13.6. The molecule has 1 aromatic carbocycles. The van der Waals surface area contributed by atoms with Crippen LogP contribution in [-0.4, -0.2) is 71.6 Å². The van der Waals surface area contributed by atoms with Crippen LogP contribution in [-0.2, 0) is 9.59 Å². The summed E-state index contributed by atoms with van der Waals surface area (Å²) in [4.78, 5) is 31.2. The van der Waals surface area contributed by atoms with Crippen molar-refractivity contribution in [1.29, 1.82) is 0 Å². The zero-order valence-corrected chi connectivity index (χ0v) is 16.5. The predicted octanol–water partition coefficient (Wildman–Crippen LogP) is 2.44. The van der Waals surface area contributed by atoms with Crippen LogP contribution >= 0.6 is 0 Å². The molecule has 3 atom stereocenters. The van der Waals surface area contributed by atoms with E-state index in [0.717, 1.165) is 52.0 Å². The summed E-state index contributed by atoms with van der Waals surface area (Å²) in [5.74, 6) is -0.417. The van der Waals surface area contributed by atoms with Gasteiger partial charge in [-0.25, -0.2) is 4.79 Å². The number of fused-ring (bicyclic) bond motifs is 1. The molecular formula is C22H31N3O3. The van der Waals surface area contributed by atoms with Gasteiger partial charge >= 0.3 is 5.97 Å². The van der Waals surface area contributed by atoms with Crippen molar-refractivity contribution >= 4 is 17.6 Å². The van der Waals surface area contributed by atoms with Crippen molar-refractivity contribution in [3.8, 4) is 0 Å². The van der Waals surface area contributed by atoms with Crippen LogP contribution in [0.2, 0.25) is 0 Å². The molecule has 2 heterocycles. The molecule has 3 aliphatic rings. The Hall–Kier alpha value is -2.08. The van der Waals surface area contributed by atoms with Gasteiger partial charge in [0.25, 0.3) is 0 Å². The molecule has 1 aliphatic carbocycles. The second-order valence-corrected chi connectivity index (χ2v) is 8.42. The van der Waals surface area contributed by atoms with Gasteiger partial charge in [-0.05, 0) is 37.3 Å². The fourth-order valence-corrected chi connectivity index (χ4v) is 5.29. The Labute approximate surface area is 167 Å². The van der Waals surface area contributed by atoms with E-state index >= 15 is 0 Å². The highest BCUT2D eigenvalue weighted by molar-refractivity contribution is 5.85. The lowest BCUT2D eigenvalue weighted by atomic mass is 9.84. The van der Waals surface area contributed by atoms with Gasteiger partial charge in [-0.15, -0.1) is 0 Å². The number of anilines is 1. The molecule has 2 saturated heterocycles. The maximum absolute atomic E-state index is 13.0. The summed E-state index contributed by atoms with van der Waals surface area (Å²) in [6, 6.07) is 9.97. The van der Waals surface area contributed by atoms with Crippen molar-refractivity contribution < 1.29 is 14.7 Å². The Kier molecular flexibility index (Phi) is 5.85. The van der Waals surface area contributed by atoms with Crippen LogP contribution in [0.3, 0.4) is 0 Å². The van der Waals surface area contributed by atoms with Crippen molar-refractivity contribution in [1.82, 2.24) is 9.80 Å². The Balaban J connectivity index is 1.30. The van der Waals surface area contributed by atoms with Crippen LogP contribution < -0.4 is 4.90 Å². The lowest BCUT2D eigenvalue weighted by molar-refractivity contribution is -0.150. The average molecular weight is 386 g/mol. The minimum Gasteiger partial charge on any atom is -0.480 e. The molecule has 1 saturated carbocycles. The smallest absolute Gasteiger partial charge is 0.326 e. The summed E-state index contributed by atoms with van der Waals surface area (Å²) in [5.41, 5.74) is 1.25. The molecule has 3 fully saturated rings. The second kappa shape index (κ2) is 8.52. The molecule has 6 heteroatoms. The topological polar surface area (TPSA) is 64.1 Å². The number of aliphatic carboxylic acids is 1. The Morgan fingerprint density at radius 2 is 1.71 bits per heavy atom. The Bertz CT molecular complexity index is 688. The van der Waals surface area contributed by atoms with E-state index in [2.05, 4.69) is 34.1 Å². The number of carboxylic acid groups (broad SMARTS) is 1. The predicted molar refractivity (Wildman–Crippen MR) is 108 cm³/mol. The highest BCUT2D eigenvalue weighted by atomic mass is 16.4. The molecule has 1 aromatic rings. The molecule has 0 radical (unpaired) electrons. The third kappa shape index (κ3) is 4.02. The number of hydrogen-bond donors (Lipinski definition) is 1. The quantitative estimate of drug-likeness (QED) is 0.843. The van der Waals surface area contributed by atoms with E-state index in [4.69, 9.17) is 0 Å². The van der Waals surface area contributed by atoms with E-state index < -0.39 is 12.0 Å². The number of carbonyl (C=O) groups is 2. The van der Waals surface area contributed by atoms with E-state index in [-0.39, 0.29) is 11.9 Å². The first-order valence-electron chi connectivity index (χ1n) is 10.7. The summed E-state index contributed by atoms with van der Waals surface area (Å²) < 4.78 is 0. The van der Waals surface area contributed by atoms with Crippen molar-refractivity contribution in [2.24, 2.45) is 5.92 Å². The largest absolute Gasteiger partial charge is 0.480 e. The third-order valence-electron chi connectivity index (χ3n) is 6.80. The highest BCUT2D eigenvalue weighted by Gasteiger charge is 2.47. The fourth-order valence-electron chi connectivity index (χ4n) is 5.29. The van der Waals surface area contributed by atoms with Crippen LogP contribution in [0.4, 0.5) is 5.69 Å². The van der Waals surface area contributed by atoms with E-state index in [1.807, 2.05) is 6.07 Å². The number of nitrogens with zero attached hydrogens (tertiary/aromatic N) is 3. The lowest BCUT2D eigenvalue weighted by Gasteiger charge is -2.37. The van der Waals surface area contributed by atoms with Crippen molar-refractivity contribution in [2.45, 2.75) is 50.6 Å². The monoisotopic (exact) mass is 385 g/mol. The fraction of sp³-hybridized carbons (Fsp3) is 0.636. The zero-order valence-electron chi connectivity index (χ0n) is 16.5. The number of carbonyl (C=O) groups excluding carboxylic acids is 1. The summed E-state index contributed by atoms with van der Waals surface area (Å²) in [5, 5.41) is 9.62. The van der Waals surface area contributed by atoms with Crippen LogP contribution in [0.5, 0.6) is 0 Å². The minimum atomic E-state index is -0.834. The molecule has 6 nitrogen and oxygen atoms in total. The van der Waals surface area contributed by atoms with E-state index in [1.165, 1.54) is 12.1 Å². The Morgan fingerprint density at radius 1 is 1.00 bits per heavy atom. The molecule has 1 N–H and O–H groups in total. The molecule has 0 spiro atoms. The van der Waals surface area contributed by atoms with Crippen molar-refractivity contribution in [2.75, 3.05) is 37.6 Å². The summed E-state index contributed by atoms with van der Waals surface area (Å²) in [7, 11) is 0. The highest BCUT2D eigenvalue weighted by Crippen LogP contribution is 2.40. The number of benzene rings is 1. The van der Waals surface area contributed by atoms with E-state index in [1.54, 1.807) is 4.90 Å². The minimum absolute atomic E-state index is 0.0345. The number of carboxylic acids is 1. The van der Waals surface area contributed by atoms with E-state index in [0.29, 0.717) is 18.8 Å². The number of hydrogen-bond acceptors (Lipinski definition) is 4. The molecule has 28 heavy (non-hydrogen) atoms. The first kappa shape index (κ1) is 19.2. The molecule has 0 aromatic heterocycles. The van der Waals surface area contributed by atoms with Crippen molar-refractivity contribution in [3.63, 3.8) is 0 Å². The standard InChI is InChI=1S/C22H31N3O3/c26-21(25-19-9-5-4-6-17(19)16-20(25)22(27)28)10-11-23-12-14-24(15-13-23)18-7-2-1-3-8-18/h1-3,7-8,17,19-20H,4-6,9-16H2,(H,27,28). The van der Waals surface area contributed by atoms with Gasteiger partial charge < -0.3 is 14.9 Å². The van der Waals surface area contributed by atoms with Gasteiger partial charge in [-0.3, -0.25) is 9.69 Å². The molecule has 1 amide bonds. The number of piperazine rings is 1. The summed E-state index contributed by atoms with van der Waals surface area (Å²) in [6.07, 6.45) is 5.38. The number of rotatable bonds is 5. The van der Waals surface area contributed by atoms with Gasteiger partial charge in [0.2, 0.25) is 5.91 Å². The maximum Gasteiger partial charge on any atom is 0.326 e. The van der Waals surface area contributed by atoms with Crippen molar-refractivity contribution in [3.05, 3.63) is 30.3 Å². The van der Waals surface area contributed by atoms with Crippen LogP contribution in [0, 0.1) is 5.92 Å². The molecule has 0 bridgehead atoms. The zero-order chi connectivity index (χ0) is 19.5. The van der Waals surface area contributed by atoms with Gasteiger partial charge in [-0.2, -0.15) is 0 Å². The molecule has 2 aliphatic heterocycles. The SMILES string of the molecule is O=C(O)C1CC2CCCCC2N1C(=O)CCN1CCN(c2ccccc2)CC1. The summed E-state index contributed by atoms with van der Waals surface area (Å²) >= 11 is 0. The normalized spacial score (nSPS) is 28.2. The number of likely N-dealkylation sites (tertiary alicyclic amines) is 1. The van der Waals surface area contributed by atoms with Crippen LogP contribution in [0.1, 0.15) is 38.5 Å².